The van der Waals surface area contributed by atoms with Crippen molar-refractivity contribution < 1.29 is 4.79 Å². The second kappa shape index (κ2) is 8.40. The lowest BCUT2D eigenvalue weighted by Crippen LogP contribution is -2.44. The third-order valence-corrected chi connectivity index (χ3v) is 4.31. The van der Waals surface area contributed by atoms with E-state index in [0.717, 1.165) is 45.3 Å². The molecule has 1 unspecified atom stereocenters. The van der Waals surface area contributed by atoms with Crippen molar-refractivity contribution in [3.05, 3.63) is 6.20 Å². The van der Waals surface area contributed by atoms with Crippen LogP contribution in [-0.4, -0.2) is 47.0 Å². The van der Waals surface area contributed by atoms with Gasteiger partial charge in [-0.05, 0) is 25.7 Å². The van der Waals surface area contributed by atoms with Gasteiger partial charge in [-0.15, -0.1) is 24.8 Å². The van der Waals surface area contributed by atoms with E-state index < -0.39 is 0 Å². The minimum Gasteiger partial charge on any atom is -0.394 e. The number of nitrogens with zero attached hydrogens (tertiary/aromatic N) is 4. The van der Waals surface area contributed by atoms with Crippen LogP contribution in [0.5, 0.6) is 0 Å². The maximum Gasteiger partial charge on any atom is 0.227 e. The van der Waals surface area contributed by atoms with Crippen LogP contribution in [0, 0.1) is 5.92 Å². The number of carbonyl (C=O) groups is 1. The molecule has 1 atom stereocenters. The molecule has 9 heteroatoms. The van der Waals surface area contributed by atoms with Crippen molar-refractivity contribution in [3.63, 3.8) is 0 Å². The van der Waals surface area contributed by atoms with Crippen molar-refractivity contribution in [1.82, 2.24) is 14.9 Å². The molecule has 7 nitrogen and oxygen atoms in total. The topological polar surface area (TPSA) is 101 Å². The summed E-state index contributed by atoms with van der Waals surface area (Å²) in [5.74, 6) is 1.19. The Bertz CT molecular complexity index is 538. The molecule has 1 aromatic heterocycles. The Morgan fingerprint density at radius 1 is 1.13 bits per heavy atom. The predicted octanol–water partition coefficient (Wildman–Crippen LogP) is 1.32. The second-order valence-electron chi connectivity index (χ2n) is 5.83. The van der Waals surface area contributed by atoms with Crippen molar-refractivity contribution in [2.45, 2.75) is 25.7 Å². The van der Waals surface area contributed by atoms with Crippen LogP contribution in [0.2, 0.25) is 0 Å². The van der Waals surface area contributed by atoms with Gasteiger partial charge in [0.15, 0.2) is 5.82 Å². The SMILES string of the molecule is Cl.Cl.Nc1cnc(N2CCCC(C(=O)N3CCCC3)C2)nc1N. The summed E-state index contributed by atoms with van der Waals surface area (Å²) in [4.78, 5) is 25.0. The average molecular weight is 363 g/mol. The third kappa shape index (κ3) is 4.29. The smallest absolute Gasteiger partial charge is 0.227 e. The number of nitrogens with two attached hydrogens (primary N) is 2. The van der Waals surface area contributed by atoms with Gasteiger partial charge in [-0.25, -0.2) is 4.98 Å². The number of hydrogen-bond donors (Lipinski definition) is 2. The van der Waals surface area contributed by atoms with Crippen LogP contribution in [0.25, 0.3) is 0 Å². The number of nitrogen functional groups attached to an aromatic ring is 2. The first-order chi connectivity index (χ1) is 10.1. The molecule has 23 heavy (non-hydrogen) atoms. The Kier molecular flexibility index (Phi) is 7.15. The Morgan fingerprint density at radius 2 is 1.83 bits per heavy atom. The molecule has 2 aliphatic heterocycles. The highest BCUT2D eigenvalue weighted by Gasteiger charge is 2.31. The standard InChI is InChI=1S/C14H22N6O.2ClH/c15-11-8-17-14(18-12(11)16)20-7-3-4-10(9-20)13(21)19-5-1-2-6-19;;/h8,10H,1-7,9,15H2,(H2,16,17,18);2*1H. The molecule has 0 spiro atoms. The Morgan fingerprint density at radius 3 is 2.48 bits per heavy atom. The fraction of sp³-hybridized carbons (Fsp3) is 0.643. The van der Waals surface area contributed by atoms with Crippen molar-refractivity contribution in [3.8, 4) is 0 Å². The van der Waals surface area contributed by atoms with Crippen LogP contribution in [0.1, 0.15) is 25.7 Å². The molecule has 0 bridgehead atoms. The van der Waals surface area contributed by atoms with Crippen LogP contribution in [0.15, 0.2) is 6.20 Å². The highest BCUT2D eigenvalue weighted by Crippen LogP contribution is 2.24. The number of rotatable bonds is 2. The number of carbonyl (C=O) groups excluding carboxylic acids is 1. The number of hydrogen-bond acceptors (Lipinski definition) is 6. The summed E-state index contributed by atoms with van der Waals surface area (Å²) in [7, 11) is 0. The van der Waals surface area contributed by atoms with E-state index in [0.29, 0.717) is 24.0 Å². The quantitative estimate of drug-likeness (QED) is 0.822. The minimum atomic E-state index is 0. The Hall–Kier alpha value is -1.47. The van der Waals surface area contributed by atoms with Crippen molar-refractivity contribution in [1.29, 1.82) is 0 Å². The molecule has 1 amide bonds. The lowest BCUT2D eigenvalue weighted by Gasteiger charge is -2.34. The van der Waals surface area contributed by atoms with E-state index in [-0.39, 0.29) is 36.6 Å². The molecule has 0 saturated carbocycles. The molecule has 2 saturated heterocycles. The molecule has 3 rings (SSSR count). The molecule has 3 heterocycles. The third-order valence-electron chi connectivity index (χ3n) is 4.31. The number of halogens is 2. The molecule has 0 radical (unpaired) electrons. The summed E-state index contributed by atoms with van der Waals surface area (Å²) in [5.41, 5.74) is 11.8. The monoisotopic (exact) mass is 362 g/mol. The maximum absolute atomic E-state index is 12.5. The van der Waals surface area contributed by atoms with Crippen molar-refractivity contribution in [2.24, 2.45) is 5.92 Å². The highest BCUT2D eigenvalue weighted by atomic mass is 35.5. The zero-order chi connectivity index (χ0) is 14.8. The fourth-order valence-electron chi connectivity index (χ4n) is 3.10. The van der Waals surface area contributed by atoms with Gasteiger partial charge in [0.25, 0.3) is 0 Å². The lowest BCUT2D eigenvalue weighted by atomic mass is 9.97. The molecule has 0 aromatic carbocycles. The summed E-state index contributed by atoms with van der Waals surface area (Å²) in [6.45, 7) is 3.33. The van der Waals surface area contributed by atoms with Gasteiger partial charge in [-0.2, -0.15) is 4.98 Å². The molecule has 0 aliphatic carbocycles. The van der Waals surface area contributed by atoms with Gasteiger partial charge in [0.05, 0.1) is 17.8 Å². The Balaban J connectivity index is 0.00000132. The first kappa shape index (κ1) is 19.6. The van der Waals surface area contributed by atoms with E-state index in [1.807, 2.05) is 9.80 Å². The molecule has 1 aromatic rings. The number of likely N-dealkylation sites (tertiary alicyclic amines) is 1. The van der Waals surface area contributed by atoms with E-state index in [2.05, 4.69) is 9.97 Å². The molecule has 4 N–H and O–H groups in total. The first-order valence-electron chi connectivity index (χ1n) is 7.57. The molecule has 130 valence electrons. The number of anilines is 3. The van der Waals surface area contributed by atoms with Gasteiger partial charge in [0.1, 0.15) is 0 Å². The van der Waals surface area contributed by atoms with Gasteiger partial charge in [-0.1, -0.05) is 0 Å². The van der Waals surface area contributed by atoms with E-state index in [1.165, 1.54) is 6.20 Å². The molecule has 2 fully saturated rings. The second-order valence-corrected chi connectivity index (χ2v) is 5.83. The summed E-state index contributed by atoms with van der Waals surface area (Å²) in [6.07, 6.45) is 5.69. The molecule has 2 aliphatic rings. The fourth-order valence-corrected chi connectivity index (χ4v) is 3.10. The van der Waals surface area contributed by atoms with Crippen LogP contribution >= 0.6 is 24.8 Å². The normalized spacial score (nSPS) is 20.6. The van der Waals surface area contributed by atoms with Gasteiger partial charge in [-0.3, -0.25) is 4.79 Å². The summed E-state index contributed by atoms with van der Waals surface area (Å²) < 4.78 is 0. The summed E-state index contributed by atoms with van der Waals surface area (Å²) >= 11 is 0. The lowest BCUT2D eigenvalue weighted by molar-refractivity contribution is -0.134. The van der Waals surface area contributed by atoms with E-state index >= 15 is 0 Å². The zero-order valence-corrected chi connectivity index (χ0v) is 14.6. The average Bonchev–Trinajstić information content (AvgIpc) is 3.04. The van der Waals surface area contributed by atoms with Crippen LogP contribution < -0.4 is 16.4 Å². The first-order valence-corrected chi connectivity index (χ1v) is 7.57. The van der Waals surface area contributed by atoms with Gasteiger partial charge in [0.2, 0.25) is 11.9 Å². The highest BCUT2D eigenvalue weighted by molar-refractivity contribution is 5.85. The van der Waals surface area contributed by atoms with E-state index in [4.69, 9.17) is 11.5 Å². The number of amides is 1. The number of aromatic nitrogens is 2. The van der Waals surface area contributed by atoms with E-state index in [1.54, 1.807) is 0 Å². The van der Waals surface area contributed by atoms with Crippen LogP contribution in [-0.2, 0) is 4.79 Å². The molecular formula is C14H24Cl2N6O. The van der Waals surface area contributed by atoms with Gasteiger partial charge >= 0.3 is 0 Å². The number of piperidine rings is 1. The zero-order valence-electron chi connectivity index (χ0n) is 13.0. The minimum absolute atomic E-state index is 0. The summed E-state index contributed by atoms with van der Waals surface area (Å²) in [6, 6.07) is 0. The maximum atomic E-state index is 12.5. The van der Waals surface area contributed by atoms with Crippen molar-refractivity contribution in [2.75, 3.05) is 42.5 Å². The largest absolute Gasteiger partial charge is 0.394 e. The van der Waals surface area contributed by atoms with Crippen molar-refractivity contribution >= 4 is 48.2 Å². The molecular weight excluding hydrogens is 339 g/mol. The van der Waals surface area contributed by atoms with Gasteiger partial charge < -0.3 is 21.3 Å². The van der Waals surface area contributed by atoms with E-state index in [9.17, 15) is 4.79 Å². The van der Waals surface area contributed by atoms with Crippen LogP contribution in [0.4, 0.5) is 17.5 Å². The Labute approximate surface area is 148 Å². The van der Waals surface area contributed by atoms with Crippen LogP contribution in [0.3, 0.4) is 0 Å². The predicted molar refractivity (Wildman–Crippen MR) is 96.1 cm³/mol. The van der Waals surface area contributed by atoms with Gasteiger partial charge in [0, 0.05) is 26.2 Å². The summed E-state index contributed by atoms with van der Waals surface area (Å²) in [5, 5.41) is 0.